The van der Waals surface area contributed by atoms with Crippen molar-refractivity contribution in [2.75, 3.05) is 6.61 Å². The highest BCUT2D eigenvalue weighted by Gasteiger charge is 2.63. The van der Waals surface area contributed by atoms with E-state index in [4.69, 9.17) is 18.9 Å². The lowest BCUT2D eigenvalue weighted by molar-refractivity contribution is -0.148. The van der Waals surface area contributed by atoms with Crippen LogP contribution in [0.3, 0.4) is 0 Å². The maximum absolute atomic E-state index is 11.5. The van der Waals surface area contributed by atoms with Crippen molar-refractivity contribution < 1.29 is 38.1 Å². The number of esters is 1. The second kappa shape index (κ2) is 4.59. The van der Waals surface area contributed by atoms with Gasteiger partial charge in [-0.1, -0.05) is 12.7 Å². The van der Waals surface area contributed by atoms with E-state index in [1.807, 2.05) is 0 Å². The second-order valence-electron chi connectivity index (χ2n) is 4.98. The third-order valence-electron chi connectivity index (χ3n) is 3.43. The first-order valence-electron chi connectivity index (χ1n) is 6.20. The van der Waals surface area contributed by atoms with Crippen LogP contribution in [0.15, 0.2) is 24.3 Å². The lowest BCUT2D eigenvalue weighted by Crippen LogP contribution is -2.49. The van der Waals surface area contributed by atoms with Gasteiger partial charge in [0.1, 0.15) is 12.7 Å². The van der Waals surface area contributed by atoms with Crippen LogP contribution in [0.4, 0.5) is 9.59 Å². The van der Waals surface area contributed by atoms with Crippen LogP contribution in [-0.2, 0) is 28.5 Å². The van der Waals surface area contributed by atoms with Crippen molar-refractivity contribution in [1.82, 2.24) is 0 Å². The molecule has 21 heavy (non-hydrogen) atoms. The Bertz CT molecular complexity index is 565. The molecule has 4 unspecified atom stereocenters. The molecule has 112 valence electrons. The number of hydrogen-bond donors (Lipinski definition) is 0. The SMILES string of the molecule is C=C(C)C(=O)OCC12C=CC(O1)C1OC(=O)OC(=O)OC12. The van der Waals surface area contributed by atoms with Crippen molar-refractivity contribution in [3.8, 4) is 0 Å². The quantitative estimate of drug-likeness (QED) is 0.248. The van der Waals surface area contributed by atoms with Crippen LogP contribution in [0.5, 0.6) is 0 Å². The summed E-state index contributed by atoms with van der Waals surface area (Å²) in [6, 6.07) is 0. The van der Waals surface area contributed by atoms with Crippen LogP contribution in [0.1, 0.15) is 6.92 Å². The zero-order valence-electron chi connectivity index (χ0n) is 11.1. The Hall–Kier alpha value is -2.35. The van der Waals surface area contributed by atoms with Gasteiger partial charge in [0.15, 0.2) is 17.8 Å². The van der Waals surface area contributed by atoms with E-state index in [0.717, 1.165) is 0 Å². The van der Waals surface area contributed by atoms with Gasteiger partial charge in [-0.2, -0.15) is 0 Å². The summed E-state index contributed by atoms with van der Waals surface area (Å²) in [6.45, 7) is 4.78. The normalized spacial score (nSPS) is 36.1. The molecule has 2 bridgehead atoms. The Kier molecular flexibility index (Phi) is 2.98. The van der Waals surface area contributed by atoms with Gasteiger partial charge in [0, 0.05) is 5.57 Å². The topological polar surface area (TPSA) is 97.4 Å². The fourth-order valence-corrected chi connectivity index (χ4v) is 2.47. The number of cyclic esters (lactones) is 2. The zero-order chi connectivity index (χ0) is 15.2. The van der Waals surface area contributed by atoms with Gasteiger partial charge in [-0.15, -0.1) is 0 Å². The summed E-state index contributed by atoms with van der Waals surface area (Å²) < 4.78 is 25.0. The smallest absolute Gasteiger partial charge is 0.459 e. The Labute approximate surface area is 119 Å². The molecule has 3 aliphatic heterocycles. The molecule has 0 aromatic rings. The molecule has 3 aliphatic rings. The van der Waals surface area contributed by atoms with E-state index in [-0.39, 0.29) is 12.2 Å². The highest BCUT2D eigenvalue weighted by Crippen LogP contribution is 2.43. The van der Waals surface area contributed by atoms with Crippen LogP contribution < -0.4 is 0 Å². The molecule has 0 saturated carbocycles. The van der Waals surface area contributed by atoms with E-state index < -0.39 is 42.2 Å². The number of carbonyl (C=O) groups excluding carboxylic acids is 3. The lowest BCUT2D eigenvalue weighted by atomic mass is 9.90. The second-order valence-corrected chi connectivity index (χ2v) is 4.98. The first-order chi connectivity index (χ1) is 9.91. The van der Waals surface area contributed by atoms with E-state index in [9.17, 15) is 14.4 Å². The van der Waals surface area contributed by atoms with E-state index in [1.165, 1.54) is 6.92 Å². The molecule has 0 radical (unpaired) electrons. The third kappa shape index (κ3) is 2.17. The Morgan fingerprint density at radius 2 is 2.10 bits per heavy atom. The minimum atomic E-state index is -1.19. The maximum atomic E-state index is 11.5. The highest BCUT2D eigenvalue weighted by molar-refractivity contribution is 5.87. The molecule has 0 aliphatic carbocycles. The molecule has 3 rings (SSSR count). The summed E-state index contributed by atoms with van der Waals surface area (Å²) in [7, 11) is 0. The zero-order valence-corrected chi connectivity index (χ0v) is 11.1. The van der Waals surface area contributed by atoms with Crippen molar-refractivity contribution in [3.05, 3.63) is 24.3 Å². The third-order valence-corrected chi connectivity index (χ3v) is 3.43. The van der Waals surface area contributed by atoms with Gasteiger partial charge in [0.05, 0.1) is 0 Å². The Morgan fingerprint density at radius 1 is 1.38 bits per heavy atom. The number of hydrogen-bond acceptors (Lipinski definition) is 8. The molecule has 8 nitrogen and oxygen atoms in total. The molecule has 0 spiro atoms. The molecule has 3 heterocycles. The van der Waals surface area contributed by atoms with Crippen LogP contribution in [-0.4, -0.2) is 48.8 Å². The van der Waals surface area contributed by atoms with Crippen molar-refractivity contribution in [1.29, 1.82) is 0 Å². The number of carbonyl (C=O) groups is 3. The molecular formula is C13H12O8. The molecule has 0 N–H and O–H groups in total. The average molecular weight is 296 g/mol. The molecule has 8 heteroatoms. The van der Waals surface area contributed by atoms with Gasteiger partial charge in [-0.3, -0.25) is 0 Å². The van der Waals surface area contributed by atoms with E-state index >= 15 is 0 Å². The van der Waals surface area contributed by atoms with Crippen LogP contribution in [0, 0.1) is 0 Å². The molecule has 2 fully saturated rings. The lowest BCUT2D eigenvalue weighted by Gasteiger charge is -2.29. The predicted octanol–water partition coefficient (Wildman–Crippen LogP) is 0.854. The van der Waals surface area contributed by atoms with Crippen LogP contribution in [0.2, 0.25) is 0 Å². The summed E-state index contributed by atoms with van der Waals surface area (Å²) >= 11 is 0. The van der Waals surface area contributed by atoms with Gasteiger partial charge in [0.25, 0.3) is 0 Å². The molecule has 2 saturated heterocycles. The van der Waals surface area contributed by atoms with Gasteiger partial charge < -0.3 is 23.7 Å². The largest absolute Gasteiger partial charge is 0.519 e. The van der Waals surface area contributed by atoms with Crippen molar-refractivity contribution in [2.24, 2.45) is 0 Å². The summed E-state index contributed by atoms with van der Waals surface area (Å²) in [4.78, 5) is 34.1. The molecule has 0 aromatic heterocycles. The van der Waals surface area contributed by atoms with Crippen molar-refractivity contribution in [2.45, 2.75) is 30.8 Å². The van der Waals surface area contributed by atoms with Crippen molar-refractivity contribution >= 4 is 18.3 Å². The maximum Gasteiger partial charge on any atom is 0.519 e. The van der Waals surface area contributed by atoms with E-state index in [1.54, 1.807) is 12.2 Å². The highest BCUT2D eigenvalue weighted by atomic mass is 16.8. The number of rotatable bonds is 3. The van der Waals surface area contributed by atoms with Gasteiger partial charge >= 0.3 is 18.3 Å². The van der Waals surface area contributed by atoms with E-state index in [0.29, 0.717) is 0 Å². The first-order valence-corrected chi connectivity index (χ1v) is 6.20. The average Bonchev–Trinajstić information content (AvgIpc) is 2.89. The monoisotopic (exact) mass is 296 g/mol. The summed E-state index contributed by atoms with van der Waals surface area (Å²) in [5.41, 5.74) is -0.962. The van der Waals surface area contributed by atoms with Gasteiger partial charge in [-0.25, -0.2) is 14.4 Å². The molecular weight excluding hydrogens is 284 g/mol. The molecule has 0 amide bonds. The molecule has 4 atom stereocenters. The Morgan fingerprint density at radius 3 is 2.81 bits per heavy atom. The van der Waals surface area contributed by atoms with E-state index in [2.05, 4.69) is 11.3 Å². The summed E-state index contributed by atoms with van der Waals surface area (Å²) in [5.74, 6) is -0.596. The summed E-state index contributed by atoms with van der Waals surface area (Å²) in [5, 5.41) is 0. The first kappa shape index (κ1) is 13.6. The van der Waals surface area contributed by atoms with Crippen LogP contribution in [0.25, 0.3) is 0 Å². The minimum absolute atomic E-state index is 0.197. The van der Waals surface area contributed by atoms with Crippen molar-refractivity contribution in [3.63, 3.8) is 0 Å². The minimum Gasteiger partial charge on any atom is -0.459 e. The van der Waals surface area contributed by atoms with Crippen LogP contribution >= 0.6 is 0 Å². The number of fused-ring (bicyclic) bond motifs is 5. The summed E-state index contributed by atoms with van der Waals surface area (Å²) in [6.07, 6.45) is -1.41. The van der Waals surface area contributed by atoms with Gasteiger partial charge in [-0.05, 0) is 13.0 Å². The van der Waals surface area contributed by atoms with Gasteiger partial charge in [0.2, 0.25) is 0 Å². The standard InChI is InChI=1S/C13H12O8/c1-6(2)10(14)17-5-13-4-3-7(21-13)8-9(13)19-12(16)20-11(15)18-8/h3-4,7-9H,1,5H2,2H3. The number of ether oxygens (including phenoxy) is 5. The molecule has 0 aromatic carbocycles. The Balaban J connectivity index is 1.81. The predicted molar refractivity (Wildman–Crippen MR) is 64.1 cm³/mol. The fraction of sp³-hybridized carbons (Fsp3) is 0.462. The fourth-order valence-electron chi connectivity index (χ4n) is 2.47.